The van der Waals surface area contributed by atoms with Crippen molar-refractivity contribution in [2.24, 2.45) is 5.92 Å². The molecule has 9 heteroatoms. The van der Waals surface area contributed by atoms with Gasteiger partial charge in [-0.05, 0) is 68.3 Å². The number of sulfonamides is 1. The molecule has 2 saturated heterocycles. The largest absolute Gasteiger partial charge is 0.494 e. The molecule has 2 aromatic carbocycles. The number of rotatable bonds is 7. The summed E-state index contributed by atoms with van der Waals surface area (Å²) in [6.45, 7) is 4.95. The number of anilines is 1. The van der Waals surface area contributed by atoms with E-state index >= 15 is 0 Å². The molecule has 2 aromatic rings. The van der Waals surface area contributed by atoms with E-state index in [0.717, 1.165) is 12.8 Å². The highest BCUT2D eigenvalue weighted by atomic mass is 32.2. The molecule has 1 N–H and O–H groups in total. The third-order valence-corrected chi connectivity index (χ3v) is 7.09. The summed E-state index contributed by atoms with van der Waals surface area (Å²) < 4.78 is 44.3. The van der Waals surface area contributed by atoms with Crippen LogP contribution in [0.2, 0.25) is 0 Å². The van der Waals surface area contributed by atoms with Gasteiger partial charge in [-0.15, -0.1) is 0 Å². The van der Waals surface area contributed by atoms with Gasteiger partial charge in [-0.2, -0.15) is 0 Å². The Kier molecular flexibility index (Phi) is 6.98. The predicted molar refractivity (Wildman–Crippen MR) is 119 cm³/mol. The van der Waals surface area contributed by atoms with Crippen LogP contribution in [0.4, 0.5) is 5.69 Å². The van der Waals surface area contributed by atoms with E-state index in [2.05, 4.69) is 4.72 Å². The Morgan fingerprint density at radius 2 is 1.66 bits per heavy atom. The van der Waals surface area contributed by atoms with Crippen molar-refractivity contribution in [3.8, 4) is 5.75 Å². The van der Waals surface area contributed by atoms with E-state index in [-0.39, 0.29) is 17.1 Å². The Morgan fingerprint density at radius 1 is 1.03 bits per heavy atom. The lowest BCUT2D eigenvalue weighted by Crippen LogP contribution is -2.41. The first kappa shape index (κ1) is 22.6. The van der Waals surface area contributed by atoms with Gasteiger partial charge in [0.2, 0.25) is 0 Å². The first-order valence-electron chi connectivity index (χ1n) is 10.8. The van der Waals surface area contributed by atoms with Gasteiger partial charge < -0.3 is 19.1 Å². The van der Waals surface area contributed by atoms with E-state index in [1.165, 1.54) is 12.1 Å². The zero-order chi connectivity index (χ0) is 22.6. The second-order valence-electron chi connectivity index (χ2n) is 7.83. The maximum absolute atomic E-state index is 12.8. The van der Waals surface area contributed by atoms with Crippen LogP contribution in [0, 0.1) is 5.92 Å². The molecular formula is C23H28N2O6S. The highest BCUT2D eigenvalue weighted by Gasteiger charge is 2.32. The molecule has 2 fully saturated rings. The zero-order valence-corrected chi connectivity index (χ0v) is 18.8. The van der Waals surface area contributed by atoms with Crippen LogP contribution in [-0.4, -0.2) is 58.4 Å². The molecule has 4 rings (SSSR count). The van der Waals surface area contributed by atoms with Crippen molar-refractivity contribution < 1.29 is 27.4 Å². The lowest BCUT2D eigenvalue weighted by molar-refractivity contribution is -0.0956. The number of carbonyl (C=O) groups excluding carboxylic acids is 1. The average molecular weight is 461 g/mol. The second-order valence-corrected chi connectivity index (χ2v) is 9.51. The van der Waals surface area contributed by atoms with E-state index in [9.17, 15) is 13.2 Å². The number of likely N-dealkylation sites (tertiary alicyclic amines) is 1. The third kappa shape index (κ3) is 5.23. The van der Waals surface area contributed by atoms with Crippen LogP contribution in [0.15, 0.2) is 53.4 Å². The topological polar surface area (TPSA) is 94.2 Å². The molecule has 0 bridgehead atoms. The molecule has 2 heterocycles. The molecule has 1 amide bonds. The van der Waals surface area contributed by atoms with Gasteiger partial charge in [0.25, 0.3) is 15.9 Å². The summed E-state index contributed by atoms with van der Waals surface area (Å²) >= 11 is 0. The smallest absolute Gasteiger partial charge is 0.261 e. The van der Waals surface area contributed by atoms with Gasteiger partial charge in [-0.3, -0.25) is 9.52 Å². The van der Waals surface area contributed by atoms with Crippen LogP contribution >= 0.6 is 0 Å². The number of amides is 1. The minimum absolute atomic E-state index is 0.0578. The number of carbonyl (C=O) groups is 1. The van der Waals surface area contributed by atoms with Gasteiger partial charge in [-0.25, -0.2) is 8.42 Å². The summed E-state index contributed by atoms with van der Waals surface area (Å²) in [5.41, 5.74) is 0.922. The summed E-state index contributed by atoms with van der Waals surface area (Å²) in [6.07, 6.45) is 1.54. The Bertz CT molecular complexity index is 1010. The Hall–Kier alpha value is -2.62. The number of ether oxygens (including phenoxy) is 3. The molecule has 32 heavy (non-hydrogen) atoms. The quantitative estimate of drug-likeness (QED) is 0.682. The fraction of sp³-hybridized carbons (Fsp3) is 0.435. The lowest BCUT2D eigenvalue weighted by atomic mass is 9.95. The minimum Gasteiger partial charge on any atom is -0.494 e. The predicted octanol–water partition coefficient (Wildman–Crippen LogP) is 3.11. The molecule has 2 aliphatic rings. The van der Waals surface area contributed by atoms with Crippen LogP contribution in [-0.2, 0) is 19.5 Å². The number of benzene rings is 2. The van der Waals surface area contributed by atoms with Crippen molar-refractivity contribution in [2.45, 2.75) is 31.0 Å². The molecule has 0 radical (unpaired) electrons. The van der Waals surface area contributed by atoms with Crippen molar-refractivity contribution in [2.75, 3.05) is 37.6 Å². The molecule has 172 valence electrons. The van der Waals surface area contributed by atoms with E-state index in [1.807, 2.05) is 11.8 Å². The molecule has 0 unspecified atom stereocenters. The maximum atomic E-state index is 12.8. The molecule has 0 aromatic heterocycles. The molecule has 8 nitrogen and oxygen atoms in total. The van der Waals surface area contributed by atoms with Crippen LogP contribution in [0.3, 0.4) is 0 Å². The van der Waals surface area contributed by atoms with E-state index in [1.54, 1.807) is 36.4 Å². The summed E-state index contributed by atoms with van der Waals surface area (Å²) in [5, 5.41) is 0. The number of piperidine rings is 1. The SMILES string of the molecule is CCOc1ccc(S(=O)(=O)Nc2ccc(C(=O)N3CCC(C4OCCO4)CC3)cc2)cc1. The summed E-state index contributed by atoms with van der Waals surface area (Å²) in [7, 11) is -3.74. The Morgan fingerprint density at radius 3 is 2.25 bits per heavy atom. The molecule has 0 aliphatic carbocycles. The fourth-order valence-electron chi connectivity index (χ4n) is 3.98. The third-order valence-electron chi connectivity index (χ3n) is 5.69. The van der Waals surface area contributed by atoms with Crippen LogP contribution in [0.1, 0.15) is 30.1 Å². The van der Waals surface area contributed by atoms with Gasteiger partial charge in [-0.1, -0.05) is 0 Å². The van der Waals surface area contributed by atoms with Crippen molar-refractivity contribution in [3.63, 3.8) is 0 Å². The summed E-state index contributed by atoms with van der Waals surface area (Å²) in [6, 6.07) is 12.7. The Balaban J connectivity index is 1.34. The van der Waals surface area contributed by atoms with E-state index in [0.29, 0.717) is 55.8 Å². The van der Waals surface area contributed by atoms with Crippen molar-refractivity contribution in [1.82, 2.24) is 4.90 Å². The summed E-state index contributed by atoms with van der Waals surface area (Å²) in [4.78, 5) is 14.8. The van der Waals surface area contributed by atoms with E-state index in [4.69, 9.17) is 14.2 Å². The molecule has 0 spiro atoms. The lowest BCUT2D eigenvalue weighted by Gasteiger charge is -2.33. The van der Waals surface area contributed by atoms with Gasteiger partial charge in [0, 0.05) is 30.3 Å². The number of hydrogen-bond donors (Lipinski definition) is 1. The standard InChI is InChI=1S/C23H28N2O6S/c1-2-29-20-7-9-21(10-8-20)32(27,28)24-19-5-3-17(4-6-19)22(26)25-13-11-18(12-14-25)23-30-15-16-31-23/h3-10,18,23-24H,2,11-16H2,1H3. The first-order valence-corrected chi connectivity index (χ1v) is 12.3. The van der Waals surface area contributed by atoms with Crippen molar-refractivity contribution >= 4 is 21.6 Å². The van der Waals surface area contributed by atoms with Gasteiger partial charge >= 0.3 is 0 Å². The summed E-state index contributed by atoms with van der Waals surface area (Å²) in [5.74, 6) is 0.875. The van der Waals surface area contributed by atoms with Gasteiger partial charge in [0.15, 0.2) is 6.29 Å². The highest BCUT2D eigenvalue weighted by molar-refractivity contribution is 7.92. The Labute approximate surface area is 188 Å². The molecule has 2 aliphatic heterocycles. The van der Waals surface area contributed by atoms with Crippen LogP contribution in [0.25, 0.3) is 0 Å². The van der Waals surface area contributed by atoms with E-state index < -0.39 is 10.0 Å². The van der Waals surface area contributed by atoms with Crippen LogP contribution < -0.4 is 9.46 Å². The van der Waals surface area contributed by atoms with Crippen molar-refractivity contribution in [3.05, 3.63) is 54.1 Å². The minimum atomic E-state index is -3.74. The number of nitrogens with one attached hydrogen (secondary N) is 1. The molecule has 0 saturated carbocycles. The average Bonchev–Trinajstić information content (AvgIpc) is 3.35. The fourth-order valence-corrected chi connectivity index (χ4v) is 5.04. The van der Waals surface area contributed by atoms with Crippen molar-refractivity contribution in [1.29, 1.82) is 0 Å². The first-order chi connectivity index (χ1) is 15.5. The normalized spacial score (nSPS) is 18.0. The number of nitrogens with zero attached hydrogens (tertiary/aromatic N) is 1. The zero-order valence-electron chi connectivity index (χ0n) is 18.0. The van der Waals surface area contributed by atoms with Crippen LogP contribution in [0.5, 0.6) is 5.75 Å². The molecule has 0 atom stereocenters. The highest BCUT2D eigenvalue weighted by Crippen LogP contribution is 2.27. The monoisotopic (exact) mass is 460 g/mol. The van der Waals surface area contributed by atoms with Gasteiger partial charge in [0.05, 0.1) is 24.7 Å². The maximum Gasteiger partial charge on any atom is 0.261 e. The number of hydrogen-bond acceptors (Lipinski definition) is 6. The molecular weight excluding hydrogens is 432 g/mol. The second kappa shape index (κ2) is 9.89. The van der Waals surface area contributed by atoms with Gasteiger partial charge in [0.1, 0.15) is 5.75 Å².